The number of nitrogens with zero attached hydrogens (tertiary/aromatic N) is 2. The molecular weight excluding hydrogens is 296 g/mol. The van der Waals surface area contributed by atoms with E-state index in [0.717, 1.165) is 10.6 Å². The Bertz CT molecular complexity index is 535. The normalized spacial score (nSPS) is 24.4. The SMILES string of the molecule is CCC(C#N)S(=O)(=O)N1CCSCC1S(C)(=O)=O. The van der Waals surface area contributed by atoms with Crippen molar-refractivity contribution in [1.29, 1.82) is 5.26 Å². The van der Waals surface area contributed by atoms with Gasteiger partial charge in [-0.25, -0.2) is 16.8 Å². The van der Waals surface area contributed by atoms with Gasteiger partial charge in [0.25, 0.3) is 0 Å². The summed E-state index contributed by atoms with van der Waals surface area (Å²) < 4.78 is 48.7. The Labute approximate surface area is 112 Å². The molecule has 6 nitrogen and oxygen atoms in total. The predicted molar refractivity (Wildman–Crippen MR) is 71.3 cm³/mol. The lowest BCUT2D eigenvalue weighted by Crippen LogP contribution is -2.52. The third-order valence-electron chi connectivity index (χ3n) is 2.73. The largest absolute Gasteiger partial charge is 0.231 e. The zero-order valence-electron chi connectivity index (χ0n) is 10.2. The second-order valence-corrected chi connectivity index (χ2v) is 9.46. The van der Waals surface area contributed by atoms with Crippen molar-refractivity contribution in [2.24, 2.45) is 0 Å². The maximum atomic E-state index is 12.2. The van der Waals surface area contributed by atoms with Crippen molar-refractivity contribution >= 4 is 31.6 Å². The molecular formula is C9H16N2O4S3. The van der Waals surface area contributed by atoms with Crippen molar-refractivity contribution in [2.45, 2.75) is 24.0 Å². The highest BCUT2D eigenvalue weighted by atomic mass is 32.2. The van der Waals surface area contributed by atoms with Gasteiger partial charge in [0.15, 0.2) is 15.1 Å². The number of sulfonamides is 1. The fourth-order valence-electron chi connectivity index (χ4n) is 1.73. The summed E-state index contributed by atoms with van der Waals surface area (Å²) >= 11 is 1.41. The Hall–Kier alpha value is -0.300. The van der Waals surface area contributed by atoms with E-state index in [2.05, 4.69) is 0 Å². The van der Waals surface area contributed by atoms with Gasteiger partial charge >= 0.3 is 0 Å². The smallest absolute Gasteiger partial charge is 0.227 e. The van der Waals surface area contributed by atoms with Crippen LogP contribution < -0.4 is 0 Å². The van der Waals surface area contributed by atoms with E-state index in [1.807, 2.05) is 0 Å². The lowest BCUT2D eigenvalue weighted by atomic mass is 10.4. The Morgan fingerprint density at radius 1 is 1.44 bits per heavy atom. The minimum Gasteiger partial charge on any atom is -0.227 e. The van der Waals surface area contributed by atoms with Crippen LogP contribution in [0.4, 0.5) is 0 Å². The van der Waals surface area contributed by atoms with Crippen molar-refractivity contribution in [3.63, 3.8) is 0 Å². The number of rotatable bonds is 4. The van der Waals surface area contributed by atoms with Crippen molar-refractivity contribution in [2.75, 3.05) is 24.3 Å². The predicted octanol–water partition coefficient (Wildman–Crippen LogP) is 0.0379. The van der Waals surface area contributed by atoms with Gasteiger partial charge in [0.2, 0.25) is 10.0 Å². The minimum absolute atomic E-state index is 0.142. The van der Waals surface area contributed by atoms with Crippen LogP contribution in [0.1, 0.15) is 13.3 Å². The molecule has 0 bridgehead atoms. The summed E-state index contributed by atoms with van der Waals surface area (Å²) in [4.78, 5) is 0. The molecule has 0 aromatic rings. The van der Waals surface area contributed by atoms with E-state index in [-0.39, 0.29) is 18.7 Å². The van der Waals surface area contributed by atoms with E-state index in [0.29, 0.717) is 5.75 Å². The Morgan fingerprint density at radius 3 is 2.50 bits per heavy atom. The van der Waals surface area contributed by atoms with Crippen molar-refractivity contribution in [1.82, 2.24) is 4.31 Å². The lowest BCUT2D eigenvalue weighted by Gasteiger charge is -2.33. The highest BCUT2D eigenvalue weighted by Gasteiger charge is 2.41. The van der Waals surface area contributed by atoms with E-state index < -0.39 is 30.5 Å². The molecule has 1 heterocycles. The third-order valence-corrected chi connectivity index (χ3v) is 7.76. The van der Waals surface area contributed by atoms with Crippen LogP contribution in [0.2, 0.25) is 0 Å². The van der Waals surface area contributed by atoms with Crippen LogP contribution in [0.5, 0.6) is 0 Å². The van der Waals surface area contributed by atoms with Gasteiger partial charge in [-0.15, -0.1) is 0 Å². The van der Waals surface area contributed by atoms with E-state index in [9.17, 15) is 16.8 Å². The maximum absolute atomic E-state index is 12.2. The minimum atomic E-state index is -3.88. The highest BCUT2D eigenvalue weighted by Crippen LogP contribution is 2.25. The number of thioether (sulfide) groups is 1. The first-order valence-corrected chi connectivity index (χ1v) is 10.0. The number of sulfone groups is 1. The van der Waals surface area contributed by atoms with Crippen LogP contribution in [-0.4, -0.2) is 56.1 Å². The van der Waals surface area contributed by atoms with E-state index >= 15 is 0 Å². The molecule has 0 saturated carbocycles. The summed E-state index contributed by atoms with van der Waals surface area (Å²) in [5.41, 5.74) is 0. The molecule has 1 aliphatic heterocycles. The van der Waals surface area contributed by atoms with Gasteiger partial charge in [-0.3, -0.25) is 0 Å². The van der Waals surface area contributed by atoms with Crippen molar-refractivity contribution < 1.29 is 16.8 Å². The van der Waals surface area contributed by atoms with Gasteiger partial charge in [0.05, 0.1) is 6.07 Å². The van der Waals surface area contributed by atoms with Gasteiger partial charge in [-0.2, -0.15) is 21.3 Å². The third kappa shape index (κ3) is 3.17. The molecule has 1 aliphatic rings. The van der Waals surface area contributed by atoms with Gasteiger partial charge in [-0.1, -0.05) is 6.92 Å². The van der Waals surface area contributed by atoms with Gasteiger partial charge in [0.1, 0.15) is 5.37 Å². The molecule has 0 N–H and O–H groups in total. The quantitative estimate of drug-likeness (QED) is 0.727. The van der Waals surface area contributed by atoms with Gasteiger partial charge in [0, 0.05) is 24.3 Å². The molecule has 0 spiro atoms. The molecule has 1 fully saturated rings. The van der Waals surface area contributed by atoms with Crippen molar-refractivity contribution in [3.8, 4) is 6.07 Å². The first-order valence-electron chi connectivity index (χ1n) is 5.42. The molecule has 0 aromatic carbocycles. The topological polar surface area (TPSA) is 95.3 Å². The van der Waals surface area contributed by atoms with Crippen molar-refractivity contribution in [3.05, 3.63) is 0 Å². The molecule has 9 heteroatoms. The van der Waals surface area contributed by atoms with Gasteiger partial charge in [-0.05, 0) is 6.42 Å². The number of hydrogen-bond acceptors (Lipinski definition) is 6. The number of nitriles is 1. The average Bonchev–Trinajstić information content (AvgIpc) is 2.29. The fraction of sp³-hybridized carbons (Fsp3) is 0.889. The summed E-state index contributed by atoms with van der Waals surface area (Å²) in [6.45, 7) is 1.74. The lowest BCUT2D eigenvalue weighted by molar-refractivity contribution is 0.401. The first-order chi connectivity index (χ1) is 8.25. The first kappa shape index (κ1) is 15.8. The Kier molecular flexibility index (Phi) is 5.05. The van der Waals surface area contributed by atoms with Crippen LogP contribution in [0.15, 0.2) is 0 Å². The molecule has 1 rings (SSSR count). The Balaban J connectivity index is 3.16. The Morgan fingerprint density at radius 2 is 2.06 bits per heavy atom. The van der Waals surface area contributed by atoms with Crippen LogP contribution in [-0.2, 0) is 19.9 Å². The highest BCUT2D eigenvalue weighted by molar-refractivity contribution is 8.01. The summed E-state index contributed by atoms with van der Waals surface area (Å²) in [5.74, 6) is 0.771. The molecule has 0 radical (unpaired) electrons. The zero-order valence-corrected chi connectivity index (χ0v) is 12.7. The average molecular weight is 312 g/mol. The van der Waals surface area contributed by atoms with E-state index in [4.69, 9.17) is 5.26 Å². The molecule has 104 valence electrons. The summed E-state index contributed by atoms with van der Waals surface area (Å²) in [6, 6.07) is 1.73. The standard InChI is InChI=1S/C9H16N2O4S3/c1-3-8(6-10)18(14,15)11-4-5-16-7-9(11)17(2,12)13/h8-9H,3-5,7H2,1-2H3. The molecule has 0 aliphatic carbocycles. The molecule has 0 amide bonds. The summed E-state index contributed by atoms with van der Waals surface area (Å²) in [5, 5.41) is 6.64. The molecule has 2 unspecified atom stereocenters. The maximum Gasteiger partial charge on any atom is 0.231 e. The summed E-state index contributed by atoms with van der Waals surface area (Å²) in [7, 11) is -7.37. The summed E-state index contributed by atoms with van der Waals surface area (Å²) in [6.07, 6.45) is 1.18. The monoisotopic (exact) mass is 312 g/mol. The van der Waals surface area contributed by atoms with Gasteiger partial charge < -0.3 is 0 Å². The van der Waals surface area contributed by atoms with Crippen LogP contribution in [0.25, 0.3) is 0 Å². The number of hydrogen-bond donors (Lipinski definition) is 0. The molecule has 18 heavy (non-hydrogen) atoms. The second kappa shape index (κ2) is 5.77. The zero-order chi connectivity index (χ0) is 14.0. The molecule has 0 aromatic heterocycles. The van der Waals surface area contributed by atoms with E-state index in [1.165, 1.54) is 11.8 Å². The van der Waals surface area contributed by atoms with E-state index in [1.54, 1.807) is 13.0 Å². The fourth-order valence-corrected chi connectivity index (χ4v) is 7.08. The second-order valence-electron chi connectivity index (χ2n) is 4.04. The van der Waals surface area contributed by atoms with Crippen LogP contribution in [0, 0.1) is 11.3 Å². The van der Waals surface area contributed by atoms with Crippen LogP contribution >= 0.6 is 11.8 Å². The molecule has 1 saturated heterocycles. The molecule has 2 atom stereocenters. The van der Waals surface area contributed by atoms with Crippen LogP contribution in [0.3, 0.4) is 0 Å².